The minimum absolute atomic E-state index is 0.0708. The Kier molecular flexibility index (Phi) is 9.88. The van der Waals surface area contributed by atoms with Gasteiger partial charge in [-0.05, 0) is 125 Å². The van der Waals surface area contributed by atoms with E-state index >= 15 is 0 Å². The van der Waals surface area contributed by atoms with Crippen LogP contribution in [0.2, 0.25) is 0 Å². The van der Waals surface area contributed by atoms with Crippen molar-refractivity contribution in [2.24, 2.45) is 5.41 Å². The van der Waals surface area contributed by atoms with Gasteiger partial charge in [0.15, 0.2) is 5.78 Å². The second kappa shape index (κ2) is 13.5. The van der Waals surface area contributed by atoms with E-state index in [9.17, 15) is 20.3 Å². The number of pyridine rings is 1. The Bertz CT molecular complexity index is 1640. The Hall–Kier alpha value is -3.44. The van der Waals surface area contributed by atoms with E-state index in [-0.39, 0.29) is 11.7 Å². The number of thioether (sulfide) groups is 1. The van der Waals surface area contributed by atoms with Gasteiger partial charge in [0.25, 0.3) is 0 Å². The highest BCUT2D eigenvalue weighted by Gasteiger charge is 2.56. The molecule has 7 heteroatoms. The van der Waals surface area contributed by atoms with Crippen molar-refractivity contribution < 1.29 is 19.7 Å². The SMILES string of the molecule is COc1ccc(C(=O)c2cc3ccc2[C@@H]2CC[C@@](O)(CSc4nc(C)cc(C)c4C#N)[C@@]2(C)CCC=C(C)CC[C@H](O)C3)cc1. The number of fused-ring (bicyclic) bond motifs is 8. The molecule has 1 saturated carbocycles. The van der Waals surface area contributed by atoms with Crippen LogP contribution in [0.1, 0.15) is 102 Å². The number of rotatable bonds is 6. The molecule has 2 bridgehead atoms. The number of methoxy groups -OCH3 is 1. The van der Waals surface area contributed by atoms with Crippen LogP contribution >= 0.6 is 11.8 Å². The second-order valence-electron chi connectivity index (χ2n) is 13.2. The van der Waals surface area contributed by atoms with Crippen molar-refractivity contribution >= 4 is 17.5 Å². The first-order chi connectivity index (χ1) is 21.5. The number of ether oxygens (including phenoxy) is 1. The van der Waals surface area contributed by atoms with E-state index in [0.29, 0.717) is 52.5 Å². The standard InChI is InChI=1S/C38H44N2O4S/c1-24-7-6-17-37(4)34(16-18-38(37,43)23-45-36-33(22-39)25(2)19-26(3)40-36)31-15-9-27(20-29(41)12-8-24)21-32(31)35(42)28-10-13-30(44-5)14-11-28/h7,9-11,13-15,19,21,29,34,41,43H,6,8,12,16-18,20,23H2,1-5H3/t29-,34-,37-,38+/m0/s1. The maximum absolute atomic E-state index is 14.2. The molecule has 0 amide bonds. The fourth-order valence-electron chi connectivity index (χ4n) is 7.30. The van der Waals surface area contributed by atoms with Crippen molar-refractivity contribution in [2.45, 2.75) is 95.3 Å². The molecule has 2 N–H and O–H groups in total. The van der Waals surface area contributed by atoms with Gasteiger partial charge < -0.3 is 14.9 Å². The summed E-state index contributed by atoms with van der Waals surface area (Å²) in [4.78, 5) is 18.9. The lowest BCUT2D eigenvalue weighted by molar-refractivity contribution is -0.0422. The molecule has 1 heterocycles. The third kappa shape index (κ3) is 6.74. The van der Waals surface area contributed by atoms with Gasteiger partial charge in [-0.15, -0.1) is 11.8 Å². The Morgan fingerprint density at radius 2 is 1.87 bits per heavy atom. The van der Waals surface area contributed by atoms with Crippen LogP contribution in [0.4, 0.5) is 0 Å². The van der Waals surface area contributed by atoms with Gasteiger partial charge in [-0.3, -0.25) is 4.79 Å². The predicted octanol–water partition coefficient (Wildman–Crippen LogP) is 7.64. The molecule has 236 valence electrons. The van der Waals surface area contributed by atoms with E-state index in [1.54, 1.807) is 31.4 Å². The highest BCUT2D eigenvalue weighted by molar-refractivity contribution is 7.99. The summed E-state index contributed by atoms with van der Waals surface area (Å²) in [6.45, 7) is 8.15. The van der Waals surface area contributed by atoms with Gasteiger partial charge in [0.2, 0.25) is 0 Å². The summed E-state index contributed by atoms with van der Waals surface area (Å²) in [5.41, 5.74) is 5.00. The number of allylic oxidation sites excluding steroid dienone is 2. The van der Waals surface area contributed by atoms with E-state index in [1.807, 2.05) is 32.0 Å². The minimum Gasteiger partial charge on any atom is -0.497 e. The van der Waals surface area contributed by atoms with Crippen molar-refractivity contribution in [1.82, 2.24) is 4.98 Å². The van der Waals surface area contributed by atoms with Crippen LogP contribution in [0.15, 0.2) is 65.2 Å². The van der Waals surface area contributed by atoms with Gasteiger partial charge in [-0.2, -0.15) is 5.26 Å². The Labute approximate surface area is 271 Å². The lowest BCUT2D eigenvalue weighted by Crippen LogP contribution is -2.46. The highest BCUT2D eigenvalue weighted by Crippen LogP contribution is 2.59. The monoisotopic (exact) mass is 624 g/mol. The molecule has 0 radical (unpaired) electrons. The number of carbonyl (C=O) groups is 1. The lowest BCUT2D eigenvalue weighted by Gasteiger charge is -2.44. The van der Waals surface area contributed by atoms with Gasteiger partial charge in [0, 0.05) is 28.0 Å². The molecule has 2 aromatic carbocycles. The Morgan fingerprint density at radius 1 is 1.11 bits per heavy atom. The molecule has 4 atom stereocenters. The smallest absolute Gasteiger partial charge is 0.193 e. The van der Waals surface area contributed by atoms with Crippen molar-refractivity contribution in [3.05, 3.63) is 99.3 Å². The Balaban J connectivity index is 1.58. The van der Waals surface area contributed by atoms with Crippen LogP contribution in [0.5, 0.6) is 5.75 Å². The molecule has 1 fully saturated rings. The Morgan fingerprint density at radius 3 is 2.58 bits per heavy atom. The lowest BCUT2D eigenvalue weighted by atomic mass is 9.65. The molecule has 6 rings (SSSR count). The van der Waals surface area contributed by atoms with Crippen LogP contribution in [0, 0.1) is 30.6 Å². The van der Waals surface area contributed by atoms with Gasteiger partial charge in [0.05, 0.1) is 24.4 Å². The van der Waals surface area contributed by atoms with Crippen molar-refractivity contribution in [2.75, 3.05) is 12.9 Å². The summed E-state index contributed by atoms with van der Waals surface area (Å²) in [6.07, 6.45) is 6.50. The van der Waals surface area contributed by atoms with Crippen LogP contribution in [0.3, 0.4) is 0 Å². The molecule has 0 saturated heterocycles. The molecule has 3 aromatic rings. The number of nitrogens with zero attached hydrogens (tertiary/aromatic N) is 2. The van der Waals surface area contributed by atoms with E-state index in [2.05, 4.69) is 37.0 Å². The summed E-state index contributed by atoms with van der Waals surface area (Å²) in [7, 11) is 1.60. The van der Waals surface area contributed by atoms with Gasteiger partial charge in [-0.1, -0.05) is 30.7 Å². The molecule has 3 aliphatic carbocycles. The number of hydrogen-bond acceptors (Lipinski definition) is 7. The van der Waals surface area contributed by atoms with Gasteiger partial charge in [0.1, 0.15) is 16.8 Å². The number of nitriles is 1. The summed E-state index contributed by atoms with van der Waals surface area (Å²) < 4.78 is 5.32. The zero-order valence-corrected chi connectivity index (χ0v) is 27.8. The van der Waals surface area contributed by atoms with Crippen LogP contribution < -0.4 is 4.74 Å². The summed E-state index contributed by atoms with van der Waals surface area (Å²) in [6, 6.07) is 17.5. The predicted molar refractivity (Wildman–Crippen MR) is 179 cm³/mol. The van der Waals surface area contributed by atoms with Crippen molar-refractivity contribution in [3.63, 3.8) is 0 Å². The number of benzene rings is 2. The number of aliphatic hydroxyl groups excluding tert-OH is 1. The molecular formula is C38H44N2O4S. The maximum atomic E-state index is 14.2. The van der Waals surface area contributed by atoms with E-state index in [4.69, 9.17) is 4.74 Å². The van der Waals surface area contributed by atoms with E-state index < -0.39 is 17.1 Å². The zero-order valence-electron chi connectivity index (χ0n) is 27.0. The topological polar surface area (TPSA) is 103 Å². The zero-order chi connectivity index (χ0) is 32.4. The highest BCUT2D eigenvalue weighted by atomic mass is 32.2. The van der Waals surface area contributed by atoms with Crippen LogP contribution in [-0.2, 0) is 6.42 Å². The molecule has 0 spiro atoms. The first-order valence-electron chi connectivity index (χ1n) is 15.9. The van der Waals surface area contributed by atoms with Gasteiger partial charge >= 0.3 is 0 Å². The molecule has 0 unspecified atom stereocenters. The van der Waals surface area contributed by atoms with Crippen LogP contribution in [-0.4, -0.2) is 45.5 Å². The second-order valence-corrected chi connectivity index (χ2v) is 14.1. The number of aliphatic hydroxyl groups is 2. The fourth-order valence-corrected chi connectivity index (χ4v) is 8.71. The van der Waals surface area contributed by atoms with E-state index in [1.165, 1.54) is 17.3 Å². The number of aryl methyl sites for hydroxylation is 2. The molecule has 1 aromatic heterocycles. The third-order valence-corrected chi connectivity index (χ3v) is 11.3. The summed E-state index contributed by atoms with van der Waals surface area (Å²) in [5, 5.41) is 34.0. The summed E-state index contributed by atoms with van der Waals surface area (Å²) in [5.74, 6) is 0.945. The molecule has 0 aliphatic heterocycles. The number of carbonyl (C=O) groups excluding carboxylic acids is 1. The molecule has 3 aliphatic rings. The largest absolute Gasteiger partial charge is 0.497 e. The maximum Gasteiger partial charge on any atom is 0.193 e. The first-order valence-corrected chi connectivity index (χ1v) is 16.9. The molecule has 45 heavy (non-hydrogen) atoms. The average molecular weight is 625 g/mol. The van der Waals surface area contributed by atoms with Crippen LogP contribution in [0.25, 0.3) is 0 Å². The fraction of sp³-hybridized carbons (Fsp3) is 0.447. The average Bonchev–Trinajstić information content (AvgIpc) is 3.27. The summed E-state index contributed by atoms with van der Waals surface area (Å²) >= 11 is 1.46. The number of aromatic nitrogens is 1. The normalized spacial score (nSPS) is 25.2. The van der Waals surface area contributed by atoms with E-state index in [0.717, 1.165) is 48.1 Å². The molecule has 6 nitrogen and oxygen atoms in total. The number of hydrogen-bond donors (Lipinski definition) is 2. The minimum atomic E-state index is -1.05. The quantitative estimate of drug-likeness (QED) is 0.165. The molecular weight excluding hydrogens is 580 g/mol. The van der Waals surface area contributed by atoms with Crippen molar-refractivity contribution in [3.8, 4) is 11.8 Å². The number of ketones is 1. The van der Waals surface area contributed by atoms with Gasteiger partial charge in [-0.25, -0.2) is 4.98 Å². The van der Waals surface area contributed by atoms with Crippen molar-refractivity contribution in [1.29, 1.82) is 5.26 Å². The third-order valence-electron chi connectivity index (χ3n) is 10.1. The first kappa shape index (κ1) is 32.9.